The van der Waals surface area contributed by atoms with Crippen LogP contribution in [0, 0.1) is 0 Å². The predicted molar refractivity (Wildman–Crippen MR) is 86.4 cm³/mol. The standard InChI is InChI=1S/C17H17N5O3/c23-17(16-10-25-12-20-16)21-6-14-5-19-11-22(14)15(7-21)9-24-8-13-2-1-3-18-4-13/h1-5,10-12,15H,6-9H2. The molecule has 0 N–H and O–H groups in total. The lowest BCUT2D eigenvalue weighted by molar-refractivity contribution is 0.0476. The molecule has 0 radical (unpaired) electrons. The molecule has 0 aliphatic carbocycles. The van der Waals surface area contributed by atoms with E-state index in [1.807, 2.05) is 12.1 Å². The van der Waals surface area contributed by atoms with Crippen LogP contribution < -0.4 is 0 Å². The first-order chi connectivity index (χ1) is 12.3. The molecule has 1 amide bonds. The van der Waals surface area contributed by atoms with Crippen LogP contribution in [0.2, 0.25) is 0 Å². The van der Waals surface area contributed by atoms with E-state index in [4.69, 9.17) is 9.15 Å². The lowest BCUT2D eigenvalue weighted by Gasteiger charge is -2.34. The lowest BCUT2D eigenvalue weighted by atomic mass is 10.2. The van der Waals surface area contributed by atoms with Crippen molar-refractivity contribution in [1.82, 2.24) is 24.4 Å². The monoisotopic (exact) mass is 339 g/mol. The Hall–Kier alpha value is -3.00. The van der Waals surface area contributed by atoms with Gasteiger partial charge < -0.3 is 18.6 Å². The molecule has 0 bridgehead atoms. The molecule has 4 rings (SSSR count). The molecule has 3 aromatic heterocycles. The maximum Gasteiger partial charge on any atom is 0.276 e. The maximum atomic E-state index is 12.6. The number of oxazole rings is 1. The summed E-state index contributed by atoms with van der Waals surface area (Å²) in [6, 6.07) is 3.85. The summed E-state index contributed by atoms with van der Waals surface area (Å²) in [5, 5.41) is 0. The first-order valence-electron chi connectivity index (χ1n) is 7.96. The van der Waals surface area contributed by atoms with Gasteiger partial charge in [0.15, 0.2) is 12.1 Å². The summed E-state index contributed by atoms with van der Waals surface area (Å²) in [6.07, 6.45) is 9.69. The Morgan fingerprint density at radius 2 is 2.32 bits per heavy atom. The number of imidazole rings is 1. The fourth-order valence-electron chi connectivity index (χ4n) is 2.95. The van der Waals surface area contributed by atoms with Gasteiger partial charge in [0.2, 0.25) is 0 Å². The zero-order chi connectivity index (χ0) is 17.1. The number of hydrogen-bond acceptors (Lipinski definition) is 6. The summed E-state index contributed by atoms with van der Waals surface area (Å²) in [5.74, 6) is -0.154. The number of carbonyl (C=O) groups excluding carboxylic acids is 1. The first kappa shape index (κ1) is 15.5. The minimum atomic E-state index is -0.154. The van der Waals surface area contributed by atoms with Crippen molar-refractivity contribution in [3.63, 3.8) is 0 Å². The molecule has 25 heavy (non-hydrogen) atoms. The van der Waals surface area contributed by atoms with Gasteiger partial charge in [-0.1, -0.05) is 6.07 Å². The third-order valence-electron chi connectivity index (χ3n) is 4.16. The van der Waals surface area contributed by atoms with E-state index in [0.29, 0.717) is 32.0 Å². The zero-order valence-corrected chi connectivity index (χ0v) is 13.5. The van der Waals surface area contributed by atoms with Gasteiger partial charge in [-0.3, -0.25) is 9.78 Å². The van der Waals surface area contributed by atoms with Crippen LogP contribution in [0.4, 0.5) is 0 Å². The fraction of sp³-hybridized carbons (Fsp3) is 0.294. The van der Waals surface area contributed by atoms with Gasteiger partial charge in [0.25, 0.3) is 5.91 Å². The zero-order valence-electron chi connectivity index (χ0n) is 13.5. The van der Waals surface area contributed by atoms with E-state index >= 15 is 0 Å². The molecular weight excluding hydrogens is 322 g/mol. The average molecular weight is 339 g/mol. The second kappa shape index (κ2) is 6.86. The quantitative estimate of drug-likeness (QED) is 0.703. The van der Waals surface area contributed by atoms with Crippen LogP contribution in [-0.2, 0) is 17.9 Å². The minimum Gasteiger partial charge on any atom is -0.451 e. The Morgan fingerprint density at radius 1 is 1.36 bits per heavy atom. The molecule has 1 unspecified atom stereocenters. The van der Waals surface area contributed by atoms with Crippen LogP contribution in [0.1, 0.15) is 27.8 Å². The number of ether oxygens (including phenoxy) is 1. The van der Waals surface area contributed by atoms with E-state index in [2.05, 4.69) is 19.5 Å². The summed E-state index contributed by atoms with van der Waals surface area (Å²) in [7, 11) is 0. The molecule has 3 aromatic rings. The highest BCUT2D eigenvalue weighted by atomic mass is 16.5. The average Bonchev–Trinajstić information content (AvgIpc) is 3.33. The summed E-state index contributed by atoms with van der Waals surface area (Å²) >= 11 is 0. The Bertz CT molecular complexity index is 831. The highest BCUT2D eigenvalue weighted by Crippen LogP contribution is 2.23. The molecule has 1 atom stereocenters. The van der Waals surface area contributed by atoms with E-state index in [1.54, 1.807) is 29.8 Å². The molecule has 0 aromatic carbocycles. The van der Waals surface area contributed by atoms with Crippen LogP contribution >= 0.6 is 0 Å². The van der Waals surface area contributed by atoms with Crippen LogP contribution in [-0.4, -0.2) is 43.5 Å². The second-order valence-electron chi connectivity index (χ2n) is 5.88. The van der Waals surface area contributed by atoms with E-state index in [-0.39, 0.29) is 11.9 Å². The molecule has 8 heteroatoms. The third kappa shape index (κ3) is 3.29. The van der Waals surface area contributed by atoms with Crippen molar-refractivity contribution in [2.45, 2.75) is 19.2 Å². The number of aromatic nitrogens is 4. The molecule has 8 nitrogen and oxygen atoms in total. The molecule has 1 aliphatic heterocycles. The van der Waals surface area contributed by atoms with Gasteiger partial charge in [0, 0.05) is 25.1 Å². The number of rotatable bonds is 5. The maximum absolute atomic E-state index is 12.6. The van der Waals surface area contributed by atoms with Gasteiger partial charge in [0.1, 0.15) is 6.26 Å². The fourth-order valence-corrected chi connectivity index (χ4v) is 2.95. The van der Waals surface area contributed by atoms with Crippen LogP contribution in [0.15, 0.2) is 54.1 Å². The molecule has 4 heterocycles. The summed E-state index contributed by atoms with van der Waals surface area (Å²) < 4.78 is 12.8. The van der Waals surface area contributed by atoms with E-state index in [0.717, 1.165) is 11.3 Å². The molecule has 0 spiro atoms. The van der Waals surface area contributed by atoms with E-state index < -0.39 is 0 Å². The molecule has 0 fully saturated rings. The van der Waals surface area contributed by atoms with E-state index in [9.17, 15) is 4.79 Å². The smallest absolute Gasteiger partial charge is 0.276 e. The topological polar surface area (TPSA) is 86.3 Å². The minimum absolute atomic E-state index is 0.00114. The lowest BCUT2D eigenvalue weighted by Crippen LogP contribution is -2.42. The van der Waals surface area contributed by atoms with Gasteiger partial charge in [-0.15, -0.1) is 0 Å². The number of nitrogens with zero attached hydrogens (tertiary/aromatic N) is 5. The SMILES string of the molecule is O=C(c1cocn1)N1Cc2cncn2C(COCc2cccnc2)C1. The molecular formula is C17H17N5O3. The third-order valence-corrected chi connectivity index (χ3v) is 4.16. The number of pyridine rings is 1. The largest absolute Gasteiger partial charge is 0.451 e. The number of hydrogen-bond donors (Lipinski definition) is 0. The number of fused-ring (bicyclic) bond motifs is 1. The Morgan fingerprint density at radius 3 is 3.12 bits per heavy atom. The van der Waals surface area contributed by atoms with Crippen LogP contribution in [0.25, 0.3) is 0 Å². The Kier molecular flexibility index (Phi) is 4.26. The highest BCUT2D eigenvalue weighted by Gasteiger charge is 2.29. The Balaban J connectivity index is 1.44. The van der Waals surface area contributed by atoms with Gasteiger partial charge in [-0.05, 0) is 11.6 Å². The molecule has 128 valence electrons. The van der Waals surface area contributed by atoms with Crippen LogP contribution in [0.3, 0.4) is 0 Å². The van der Waals surface area contributed by atoms with Crippen LogP contribution in [0.5, 0.6) is 0 Å². The van der Waals surface area contributed by atoms with E-state index in [1.165, 1.54) is 12.7 Å². The van der Waals surface area contributed by atoms with Crippen molar-refractivity contribution < 1.29 is 13.9 Å². The van der Waals surface area contributed by atoms with Crippen molar-refractivity contribution in [2.75, 3.05) is 13.2 Å². The second-order valence-corrected chi connectivity index (χ2v) is 5.88. The number of carbonyl (C=O) groups is 1. The van der Waals surface area contributed by atoms with Gasteiger partial charge in [-0.25, -0.2) is 9.97 Å². The number of amides is 1. The molecule has 1 aliphatic rings. The van der Waals surface area contributed by atoms with Crippen molar-refractivity contribution in [3.05, 3.63) is 66.7 Å². The predicted octanol–water partition coefficient (Wildman–Crippen LogP) is 1.68. The summed E-state index contributed by atoms with van der Waals surface area (Å²) in [5.41, 5.74) is 2.29. The van der Waals surface area contributed by atoms with Gasteiger partial charge >= 0.3 is 0 Å². The summed E-state index contributed by atoms with van der Waals surface area (Å²) in [6.45, 7) is 1.97. The van der Waals surface area contributed by atoms with Crippen molar-refractivity contribution in [3.8, 4) is 0 Å². The van der Waals surface area contributed by atoms with Gasteiger partial charge in [0.05, 0.1) is 37.8 Å². The van der Waals surface area contributed by atoms with Crippen molar-refractivity contribution >= 4 is 5.91 Å². The molecule has 0 saturated heterocycles. The molecule has 0 saturated carbocycles. The normalized spacial score (nSPS) is 16.6. The van der Waals surface area contributed by atoms with Crippen molar-refractivity contribution in [2.24, 2.45) is 0 Å². The first-order valence-corrected chi connectivity index (χ1v) is 7.96. The van der Waals surface area contributed by atoms with Gasteiger partial charge in [-0.2, -0.15) is 0 Å². The van der Waals surface area contributed by atoms with Crippen molar-refractivity contribution in [1.29, 1.82) is 0 Å². The highest BCUT2D eigenvalue weighted by molar-refractivity contribution is 5.91. The Labute approximate surface area is 144 Å². The summed E-state index contributed by atoms with van der Waals surface area (Å²) in [4.78, 5) is 26.5.